The van der Waals surface area contributed by atoms with Crippen molar-refractivity contribution in [3.8, 4) is 5.75 Å². The molecule has 1 saturated carbocycles. The molecule has 1 aromatic rings. The lowest BCUT2D eigenvalue weighted by molar-refractivity contribution is -0.134. The standard InChI is InChI=1S/C20H26Cl2N2O3/c21-15-6-7-18(17(22)12-15)27-13-19(25)24-10-8-16(9-11-24)23-20(26)14-4-2-1-3-5-14/h6-7,12,14,16H,1-5,8-11,13H2,(H,23,26). The molecule has 0 spiro atoms. The molecule has 1 saturated heterocycles. The Hall–Kier alpha value is -1.46. The summed E-state index contributed by atoms with van der Waals surface area (Å²) >= 11 is 11.9. The molecule has 3 rings (SSSR count). The SMILES string of the molecule is O=C(NC1CCN(C(=O)COc2ccc(Cl)cc2Cl)CC1)C1CCCCC1. The number of hydrogen-bond donors (Lipinski definition) is 1. The number of rotatable bonds is 5. The molecular weight excluding hydrogens is 387 g/mol. The minimum atomic E-state index is -0.0712. The molecule has 0 atom stereocenters. The summed E-state index contributed by atoms with van der Waals surface area (Å²) < 4.78 is 5.53. The predicted molar refractivity (Wildman–Crippen MR) is 106 cm³/mol. The first-order valence-corrected chi connectivity index (χ1v) is 10.4. The number of carbonyl (C=O) groups excluding carboxylic acids is 2. The summed E-state index contributed by atoms with van der Waals surface area (Å²) in [6.07, 6.45) is 7.14. The zero-order valence-electron chi connectivity index (χ0n) is 15.4. The summed E-state index contributed by atoms with van der Waals surface area (Å²) in [6.45, 7) is 1.21. The first-order chi connectivity index (χ1) is 13.0. The molecule has 0 radical (unpaired) electrons. The van der Waals surface area contributed by atoms with E-state index in [4.69, 9.17) is 27.9 Å². The quantitative estimate of drug-likeness (QED) is 0.792. The third kappa shape index (κ3) is 5.76. The second-order valence-corrected chi connectivity index (χ2v) is 8.21. The van der Waals surface area contributed by atoms with Crippen LogP contribution < -0.4 is 10.1 Å². The highest BCUT2D eigenvalue weighted by Crippen LogP contribution is 2.27. The van der Waals surface area contributed by atoms with E-state index in [1.165, 1.54) is 6.42 Å². The molecule has 2 amide bonds. The Morgan fingerprint density at radius 2 is 1.78 bits per heavy atom. The normalized spacial score (nSPS) is 19.0. The van der Waals surface area contributed by atoms with Gasteiger partial charge in [0, 0.05) is 30.1 Å². The molecule has 27 heavy (non-hydrogen) atoms. The van der Waals surface area contributed by atoms with Crippen LogP contribution in [0.15, 0.2) is 18.2 Å². The number of halogens is 2. The van der Waals surface area contributed by atoms with Gasteiger partial charge in [-0.05, 0) is 43.9 Å². The zero-order chi connectivity index (χ0) is 19.2. The van der Waals surface area contributed by atoms with E-state index in [9.17, 15) is 9.59 Å². The lowest BCUT2D eigenvalue weighted by atomic mass is 9.88. The maximum Gasteiger partial charge on any atom is 0.260 e. The van der Waals surface area contributed by atoms with Gasteiger partial charge in [0.15, 0.2) is 6.61 Å². The Morgan fingerprint density at radius 3 is 2.44 bits per heavy atom. The van der Waals surface area contributed by atoms with Gasteiger partial charge in [-0.15, -0.1) is 0 Å². The number of likely N-dealkylation sites (tertiary alicyclic amines) is 1. The monoisotopic (exact) mass is 412 g/mol. The molecule has 0 aromatic heterocycles. The fourth-order valence-electron chi connectivity index (χ4n) is 3.78. The molecule has 1 aromatic carbocycles. The minimum absolute atomic E-state index is 0.0551. The highest BCUT2D eigenvalue weighted by atomic mass is 35.5. The fraction of sp³-hybridized carbons (Fsp3) is 0.600. The van der Waals surface area contributed by atoms with E-state index >= 15 is 0 Å². The topological polar surface area (TPSA) is 58.6 Å². The van der Waals surface area contributed by atoms with Crippen LogP contribution in [-0.4, -0.2) is 42.5 Å². The van der Waals surface area contributed by atoms with Gasteiger partial charge in [-0.1, -0.05) is 42.5 Å². The number of ether oxygens (including phenoxy) is 1. The Kier molecular flexibility index (Phi) is 7.25. The molecule has 1 heterocycles. The van der Waals surface area contributed by atoms with Gasteiger partial charge < -0.3 is 15.0 Å². The highest BCUT2D eigenvalue weighted by Gasteiger charge is 2.27. The van der Waals surface area contributed by atoms with Crippen molar-refractivity contribution < 1.29 is 14.3 Å². The van der Waals surface area contributed by atoms with Gasteiger partial charge in [0.2, 0.25) is 5.91 Å². The number of carbonyl (C=O) groups is 2. The van der Waals surface area contributed by atoms with Crippen LogP contribution in [-0.2, 0) is 9.59 Å². The van der Waals surface area contributed by atoms with Gasteiger partial charge in [-0.25, -0.2) is 0 Å². The summed E-state index contributed by atoms with van der Waals surface area (Å²) in [4.78, 5) is 26.5. The van der Waals surface area contributed by atoms with Crippen LogP contribution in [0, 0.1) is 5.92 Å². The largest absolute Gasteiger partial charge is 0.482 e. The summed E-state index contributed by atoms with van der Waals surface area (Å²) in [5.74, 6) is 0.748. The molecule has 148 valence electrons. The number of benzene rings is 1. The molecule has 7 heteroatoms. The van der Waals surface area contributed by atoms with Crippen molar-refractivity contribution in [1.82, 2.24) is 10.2 Å². The van der Waals surface area contributed by atoms with Crippen LogP contribution in [0.2, 0.25) is 10.0 Å². The van der Waals surface area contributed by atoms with Crippen molar-refractivity contribution in [2.75, 3.05) is 19.7 Å². The van der Waals surface area contributed by atoms with Crippen LogP contribution in [0.3, 0.4) is 0 Å². The van der Waals surface area contributed by atoms with E-state index in [0.717, 1.165) is 38.5 Å². The van der Waals surface area contributed by atoms with E-state index in [1.807, 2.05) is 0 Å². The number of piperidine rings is 1. The van der Waals surface area contributed by atoms with Crippen molar-refractivity contribution in [3.63, 3.8) is 0 Å². The van der Waals surface area contributed by atoms with E-state index in [0.29, 0.717) is 28.9 Å². The summed E-state index contributed by atoms with van der Waals surface area (Å²) in [5.41, 5.74) is 0. The predicted octanol–water partition coefficient (Wildman–Crippen LogP) is 4.06. The molecule has 1 aliphatic heterocycles. The smallest absolute Gasteiger partial charge is 0.260 e. The van der Waals surface area contributed by atoms with Gasteiger partial charge in [-0.2, -0.15) is 0 Å². The van der Waals surface area contributed by atoms with Gasteiger partial charge in [0.25, 0.3) is 5.91 Å². The number of hydrogen-bond acceptors (Lipinski definition) is 3. The van der Waals surface area contributed by atoms with E-state index < -0.39 is 0 Å². The number of nitrogens with one attached hydrogen (secondary N) is 1. The Morgan fingerprint density at radius 1 is 1.07 bits per heavy atom. The van der Waals surface area contributed by atoms with Gasteiger partial charge in [0.1, 0.15) is 5.75 Å². The van der Waals surface area contributed by atoms with Crippen molar-refractivity contribution in [3.05, 3.63) is 28.2 Å². The van der Waals surface area contributed by atoms with Crippen molar-refractivity contribution in [2.45, 2.75) is 51.0 Å². The first kappa shape index (κ1) is 20.3. The first-order valence-electron chi connectivity index (χ1n) is 9.69. The third-order valence-electron chi connectivity index (χ3n) is 5.42. The van der Waals surface area contributed by atoms with E-state index in [2.05, 4.69) is 5.32 Å². The summed E-state index contributed by atoms with van der Waals surface area (Å²) in [5, 5.41) is 4.09. The van der Waals surface area contributed by atoms with Crippen LogP contribution in [0.1, 0.15) is 44.9 Å². The second kappa shape index (κ2) is 9.65. The number of amides is 2. The van der Waals surface area contributed by atoms with Crippen molar-refractivity contribution >= 4 is 35.0 Å². The maximum atomic E-state index is 12.4. The fourth-order valence-corrected chi connectivity index (χ4v) is 4.24. The van der Waals surface area contributed by atoms with Crippen molar-refractivity contribution in [2.24, 2.45) is 5.92 Å². The molecule has 0 bridgehead atoms. The van der Waals surface area contributed by atoms with Crippen LogP contribution >= 0.6 is 23.2 Å². The Bertz CT molecular complexity index is 669. The van der Waals surface area contributed by atoms with Gasteiger partial charge in [0.05, 0.1) is 5.02 Å². The lowest BCUT2D eigenvalue weighted by Gasteiger charge is -2.33. The number of nitrogens with zero attached hydrogens (tertiary/aromatic N) is 1. The Labute approximate surface area is 170 Å². The highest BCUT2D eigenvalue weighted by molar-refractivity contribution is 6.35. The molecular formula is C20H26Cl2N2O3. The molecule has 1 aliphatic carbocycles. The van der Waals surface area contributed by atoms with Crippen LogP contribution in [0.4, 0.5) is 0 Å². The molecule has 5 nitrogen and oxygen atoms in total. The average Bonchev–Trinajstić information content (AvgIpc) is 2.68. The zero-order valence-corrected chi connectivity index (χ0v) is 16.9. The molecule has 2 fully saturated rings. The average molecular weight is 413 g/mol. The molecule has 1 N–H and O–H groups in total. The van der Waals surface area contributed by atoms with E-state index in [-0.39, 0.29) is 30.4 Å². The Balaban J connectivity index is 1.40. The summed E-state index contributed by atoms with van der Waals surface area (Å²) in [7, 11) is 0. The lowest BCUT2D eigenvalue weighted by Crippen LogP contribution is -2.48. The molecule has 2 aliphatic rings. The van der Waals surface area contributed by atoms with Gasteiger partial charge >= 0.3 is 0 Å². The van der Waals surface area contributed by atoms with Crippen LogP contribution in [0.5, 0.6) is 5.75 Å². The summed E-state index contributed by atoms with van der Waals surface area (Å²) in [6, 6.07) is 5.08. The third-order valence-corrected chi connectivity index (χ3v) is 5.95. The van der Waals surface area contributed by atoms with E-state index in [1.54, 1.807) is 23.1 Å². The molecule has 0 unspecified atom stereocenters. The van der Waals surface area contributed by atoms with Crippen LogP contribution in [0.25, 0.3) is 0 Å². The maximum absolute atomic E-state index is 12.4. The minimum Gasteiger partial charge on any atom is -0.482 e. The second-order valence-electron chi connectivity index (χ2n) is 7.36. The van der Waals surface area contributed by atoms with Gasteiger partial charge in [-0.3, -0.25) is 9.59 Å². The van der Waals surface area contributed by atoms with Crippen molar-refractivity contribution in [1.29, 1.82) is 0 Å².